The van der Waals surface area contributed by atoms with E-state index >= 15 is 0 Å². The largest absolute Gasteiger partial charge is 0.497 e. The molecule has 1 amide bonds. The molecule has 5 aromatic rings. The van der Waals surface area contributed by atoms with Crippen LogP contribution in [0.2, 0.25) is 0 Å². The average molecular weight is 568 g/mol. The monoisotopic (exact) mass is 567 g/mol. The van der Waals surface area contributed by atoms with Gasteiger partial charge in [-0.15, -0.1) is 0 Å². The van der Waals surface area contributed by atoms with Crippen molar-refractivity contribution in [2.45, 2.75) is 0 Å². The quantitative estimate of drug-likeness (QED) is 0.100. The van der Waals surface area contributed by atoms with Gasteiger partial charge in [-0.05, 0) is 57.9 Å². The molecule has 38 heavy (non-hydrogen) atoms. The average Bonchev–Trinajstić information content (AvgIpc) is 3.35. The highest BCUT2D eigenvalue weighted by Crippen LogP contribution is 2.35. The first kappa shape index (κ1) is 25.0. The summed E-state index contributed by atoms with van der Waals surface area (Å²) in [6.07, 6.45) is 1.44. The molecule has 7 nitrogen and oxygen atoms in total. The van der Waals surface area contributed by atoms with Crippen LogP contribution in [0.4, 0.5) is 0 Å². The van der Waals surface area contributed by atoms with E-state index in [4.69, 9.17) is 9.47 Å². The highest BCUT2D eigenvalue weighted by molar-refractivity contribution is 9.10. The predicted octanol–water partition coefficient (Wildman–Crippen LogP) is 6.59. The van der Waals surface area contributed by atoms with Gasteiger partial charge >= 0.3 is 5.97 Å². The third kappa shape index (κ3) is 5.21. The number of aromatic nitrogens is 1. The van der Waals surface area contributed by atoms with Crippen molar-refractivity contribution in [2.24, 2.45) is 5.10 Å². The molecule has 5 rings (SSSR count). The summed E-state index contributed by atoms with van der Waals surface area (Å²) in [7, 11) is 1.53. The van der Waals surface area contributed by atoms with E-state index in [1.54, 1.807) is 48.5 Å². The first-order valence-corrected chi connectivity index (χ1v) is 12.5. The summed E-state index contributed by atoms with van der Waals surface area (Å²) >= 11 is 3.56. The van der Waals surface area contributed by atoms with E-state index in [0.29, 0.717) is 28.3 Å². The number of ether oxygens (including phenoxy) is 2. The SMILES string of the molecule is COc1cccc(C(=O)Oc2ccccc2C=NNC(=O)c2[nH]c3c(Br)cccc3c2-c2ccccc2)c1. The van der Waals surface area contributed by atoms with Gasteiger partial charge in [0.2, 0.25) is 0 Å². The molecular formula is C30H22BrN3O4. The lowest BCUT2D eigenvalue weighted by Gasteiger charge is -2.08. The van der Waals surface area contributed by atoms with Crippen LogP contribution in [0.1, 0.15) is 26.4 Å². The van der Waals surface area contributed by atoms with Gasteiger partial charge in [-0.25, -0.2) is 10.2 Å². The summed E-state index contributed by atoms with van der Waals surface area (Å²) in [4.78, 5) is 29.2. The van der Waals surface area contributed by atoms with Crippen molar-refractivity contribution in [3.05, 3.63) is 118 Å². The Labute approximate surface area is 227 Å². The fourth-order valence-corrected chi connectivity index (χ4v) is 4.53. The van der Waals surface area contributed by atoms with Gasteiger partial charge in [0.1, 0.15) is 17.2 Å². The molecule has 0 aliphatic heterocycles. The molecule has 1 heterocycles. The maximum Gasteiger partial charge on any atom is 0.343 e. The van der Waals surface area contributed by atoms with Gasteiger partial charge in [0.15, 0.2) is 0 Å². The molecule has 0 aliphatic carbocycles. The number of esters is 1. The number of nitrogens with zero attached hydrogens (tertiary/aromatic N) is 1. The number of methoxy groups -OCH3 is 1. The van der Waals surface area contributed by atoms with Gasteiger partial charge in [-0.2, -0.15) is 5.10 Å². The molecule has 188 valence electrons. The van der Waals surface area contributed by atoms with Crippen molar-refractivity contribution in [1.29, 1.82) is 0 Å². The molecule has 4 aromatic carbocycles. The predicted molar refractivity (Wildman–Crippen MR) is 151 cm³/mol. The number of hydrogen-bond acceptors (Lipinski definition) is 5. The number of rotatable bonds is 7. The number of benzene rings is 4. The molecular weight excluding hydrogens is 546 g/mol. The van der Waals surface area contributed by atoms with Crippen molar-refractivity contribution < 1.29 is 19.1 Å². The van der Waals surface area contributed by atoms with Gasteiger partial charge in [-0.1, -0.05) is 60.7 Å². The molecule has 0 unspecified atom stereocenters. The number of amides is 1. The first-order chi connectivity index (χ1) is 18.5. The Balaban J connectivity index is 1.39. The van der Waals surface area contributed by atoms with Crippen LogP contribution in [-0.2, 0) is 0 Å². The summed E-state index contributed by atoms with van der Waals surface area (Å²) < 4.78 is 11.6. The Morgan fingerprint density at radius 2 is 1.68 bits per heavy atom. The number of fused-ring (bicyclic) bond motifs is 1. The molecule has 1 aromatic heterocycles. The Hall–Kier alpha value is -4.69. The molecule has 0 aliphatic rings. The zero-order chi connectivity index (χ0) is 26.5. The van der Waals surface area contributed by atoms with Crippen LogP contribution in [-0.4, -0.2) is 30.2 Å². The molecule has 8 heteroatoms. The topological polar surface area (TPSA) is 92.8 Å². The van der Waals surface area contributed by atoms with Gasteiger partial charge < -0.3 is 14.5 Å². The maximum absolute atomic E-state index is 13.2. The second-order valence-electron chi connectivity index (χ2n) is 8.26. The van der Waals surface area contributed by atoms with Crippen LogP contribution in [0.15, 0.2) is 107 Å². The Kier molecular flexibility index (Phi) is 7.33. The summed E-state index contributed by atoms with van der Waals surface area (Å²) in [5.41, 5.74) is 6.34. The number of nitrogens with one attached hydrogen (secondary N) is 2. The zero-order valence-corrected chi connectivity index (χ0v) is 21.9. The number of carbonyl (C=O) groups is 2. The zero-order valence-electron chi connectivity index (χ0n) is 20.3. The number of hydrazone groups is 1. The van der Waals surface area contributed by atoms with Gasteiger partial charge in [0.05, 0.1) is 24.4 Å². The minimum atomic E-state index is -0.537. The summed E-state index contributed by atoms with van der Waals surface area (Å²) in [5.74, 6) is -0.0901. The van der Waals surface area contributed by atoms with E-state index in [1.807, 2.05) is 48.5 Å². The second-order valence-corrected chi connectivity index (χ2v) is 9.12. The van der Waals surface area contributed by atoms with Crippen molar-refractivity contribution in [3.8, 4) is 22.6 Å². The molecule has 2 N–H and O–H groups in total. The minimum Gasteiger partial charge on any atom is -0.497 e. The third-order valence-electron chi connectivity index (χ3n) is 5.87. The van der Waals surface area contributed by atoms with E-state index in [1.165, 1.54) is 13.3 Å². The lowest BCUT2D eigenvalue weighted by molar-refractivity contribution is 0.0733. The number of H-pyrrole nitrogens is 1. The fraction of sp³-hybridized carbons (Fsp3) is 0.0333. The van der Waals surface area contributed by atoms with Gasteiger partial charge in [-0.3, -0.25) is 4.79 Å². The standard InChI is InChI=1S/C30H22BrN3O4/c1-37-22-13-7-12-20(17-22)30(36)38-25-16-6-5-11-21(25)18-32-34-29(35)28-26(19-9-3-2-4-10-19)23-14-8-15-24(31)27(23)33-28/h2-18,33H,1H3,(H,34,35). The van der Waals surface area contributed by atoms with Crippen molar-refractivity contribution >= 4 is 44.9 Å². The van der Waals surface area contributed by atoms with Crippen LogP contribution in [0.3, 0.4) is 0 Å². The van der Waals surface area contributed by atoms with Crippen LogP contribution in [0.25, 0.3) is 22.0 Å². The van der Waals surface area contributed by atoms with Crippen molar-refractivity contribution in [1.82, 2.24) is 10.4 Å². The Morgan fingerprint density at radius 3 is 2.50 bits per heavy atom. The molecule has 0 bridgehead atoms. The van der Waals surface area contributed by atoms with Crippen molar-refractivity contribution in [3.63, 3.8) is 0 Å². The van der Waals surface area contributed by atoms with Crippen molar-refractivity contribution in [2.75, 3.05) is 7.11 Å². The number of carbonyl (C=O) groups excluding carboxylic acids is 2. The van der Waals surface area contributed by atoms with E-state index < -0.39 is 11.9 Å². The fourth-order valence-electron chi connectivity index (χ4n) is 4.06. The first-order valence-electron chi connectivity index (χ1n) is 11.7. The number of para-hydroxylation sites is 2. The van der Waals surface area contributed by atoms with E-state index in [-0.39, 0.29) is 0 Å². The molecule has 0 fully saturated rings. The smallest absolute Gasteiger partial charge is 0.343 e. The summed E-state index contributed by atoms with van der Waals surface area (Å²) in [6.45, 7) is 0. The summed E-state index contributed by atoms with van der Waals surface area (Å²) in [5, 5.41) is 5.06. The van der Waals surface area contributed by atoms with E-state index in [2.05, 4.69) is 31.4 Å². The van der Waals surface area contributed by atoms with Gasteiger partial charge in [0, 0.05) is 21.0 Å². The van der Waals surface area contributed by atoms with Gasteiger partial charge in [0.25, 0.3) is 5.91 Å². The van der Waals surface area contributed by atoms with E-state index in [9.17, 15) is 9.59 Å². The second kappa shape index (κ2) is 11.1. The number of hydrogen-bond donors (Lipinski definition) is 2. The molecule has 0 saturated carbocycles. The highest BCUT2D eigenvalue weighted by Gasteiger charge is 2.20. The minimum absolute atomic E-state index is 0.304. The Morgan fingerprint density at radius 1 is 0.921 bits per heavy atom. The highest BCUT2D eigenvalue weighted by atomic mass is 79.9. The van der Waals surface area contributed by atoms with Crippen LogP contribution in [0, 0.1) is 0 Å². The lowest BCUT2D eigenvalue weighted by Crippen LogP contribution is -2.19. The molecule has 0 radical (unpaired) electrons. The normalized spacial score (nSPS) is 11.0. The van der Waals surface area contributed by atoms with Crippen LogP contribution >= 0.6 is 15.9 Å². The molecule has 0 saturated heterocycles. The molecule has 0 atom stereocenters. The number of aromatic amines is 1. The third-order valence-corrected chi connectivity index (χ3v) is 6.53. The number of halogens is 1. The van der Waals surface area contributed by atoms with Crippen LogP contribution in [0.5, 0.6) is 11.5 Å². The van der Waals surface area contributed by atoms with Crippen LogP contribution < -0.4 is 14.9 Å². The lowest BCUT2D eigenvalue weighted by atomic mass is 10.0. The summed E-state index contributed by atoms with van der Waals surface area (Å²) in [6, 6.07) is 29.1. The van der Waals surface area contributed by atoms with E-state index in [0.717, 1.165) is 26.5 Å². The Bertz CT molecular complexity index is 1660. The molecule has 0 spiro atoms. The maximum atomic E-state index is 13.2.